The zero-order valence-corrected chi connectivity index (χ0v) is 11.5. The van der Waals surface area contributed by atoms with E-state index >= 15 is 0 Å². The molecule has 1 amide bonds. The van der Waals surface area contributed by atoms with Crippen LogP contribution < -0.4 is 10.6 Å². The first-order valence-electron chi connectivity index (χ1n) is 6.75. The van der Waals surface area contributed by atoms with Crippen LogP contribution in [-0.2, 0) is 10.5 Å². The van der Waals surface area contributed by atoms with Gasteiger partial charge in [-0.05, 0) is 12.8 Å². The second-order valence-corrected chi connectivity index (χ2v) is 6.29. The summed E-state index contributed by atoms with van der Waals surface area (Å²) in [5.41, 5.74) is 0. The molecule has 7 heteroatoms. The number of amides is 1. The number of rotatable bonds is 4. The molecule has 1 atom stereocenters. The van der Waals surface area contributed by atoms with Gasteiger partial charge in [0.2, 0.25) is 11.8 Å². The van der Waals surface area contributed by atoms with Crippen molar-refractivity contribution in [2.45, 2.75) is 42.7 Å². The van der Waals surface area contributed by atoms with Crippen molar-refractivity contribution < 1.29 is 9.32 Å². The van der Waals surface area contributed by atoms with Gasteiger partial charge in [-0.1, -0.05) is 18.0 Å². The Balaban J connectivity index is 1.52. The number of hydrogen-bond donors (Lipinski definition) is 2. The Labute approximate surface area is 116 Å². The van der Waals surface area contributed by atoms with Crippen LogP contribution in [-0.4, -0.2) is 34.4 Å². The molecule has 2 aliphatic rings. The van der Waals surface area contributed by atoms with Crippen molar-refractivity contribution in [3.8, 4) is 0 Å². The minimum atomic E-state index is -0.0598. The van der Waals surface area contributed by atoms with Crippen LogP contribution in [0.1, 0.15) is 43.4 Å². The molecule has 1 aliphatic heterocycles. The van der Waals surface area contributed by atoms with Gasteiger partial charge < -0.3 is 9.84 Å². The van der Waals surface area contributed by atoms with Crippen molar-refractivity contribution in [1.82, 2.24) is 20.8 Å². The Hall–Kier alpha value is -1.08. The number of thioether (sulfide) groups is 1. The number of nitrogens with zero attached hydrogens (tertiary/aromatic N) is 2. The Morgan fingerprint density at radius 2 is 2.21 bits per heavy atom. The molecular weight excluding hydrogens is 264 g/mol. The van der Waals surface area contributed by atoms with Gasteiger partial charge in [-0.2, -0.15) is 16.7 Å². The lowest BCUT2D eigenvalue weighted by atomic mass is 10.2. The minimum absolute atomic E-state index is 0.00720. The molecule has 1 unspecified atom stereocenters. The molecule has 0 radical (unpaired) electrons. The maximum absolute atomic E-state index is 11.1. The van der Waals surface area contributed by atoms with Crippen molar-refractivity contribution in [2.75, 3.05) is 13.1 Å². The predicted octanol–water partition coefficient (Wildman–Crippen LogP) is 1.01. The largest absolute Gasteiger partial charge is 0.353 e. The number of carbonyl (C=O) groups excluding carboxylic acids is 1. The highest BCUT2D eigenvalue weighted by atomic mass is 32.2. The minimum Gasteiger partial charge on any atom is -0.353 e. The first-order valence-corrected chi connectivity index (χ1v) is 7.80. The molecule has 0 spiro atoms. The summed E-state index contributed by atoms with van der Waals surface area (Å²) >= 11 is 1.92. The number of piperazine rings is 1. The van der Waals surface area contributed by atoms with Crippen LogP contribution in [0.4, 0.5) is 0 Å². The topological polar surface area (TPSA) is 80.1 Å². The summed E-state index contributed by atoms with van der Waals surface area (Å²) in [5, 5.41) is 10.6. The number of carbonyl (C=O) groups is 1. The van der Waals surface area contributed by atoms with Crippen LogP contribution >= 0.6 is 11.8 Å². The van der Waals surface area contributed by atoms with Gasteiger partial charge in [0, 0.05) is 11.8 Å². The zero-order chi connectivity index (χ0) is 13.1. The second-order valence-electron chi connectivity index (χ2n) is 5.00. The van der Waals surface area contributed by atoms with Gasteiger partial charge in [0.15, 0.2) is 5.82 Å². The standard InChI is InChI=1S/C12H18N4O2S/c17-11-6-13-9(5-14-11)12-15-10(16-18-12)7-19-8-3-1-2-4-8/h8-9,13H,1-7H2,(H,14,17). The molecule has 1 aromatic rings. The molecule has 104 valence electrons. The summed E-state index contributed by atoms with van der Waals surface area (Å²) in [6.45, 7) is 0.815. The van der Waals surface area contributed by atoms with Gasteiger partial charge in [0.1, 0.15) is 6.04 Å². The Morgan fingerprint density at radius 1 is 1.37 bits per heavy atom. The van der Waals surface area contributed by atoms with Gasteiger partial charge in [0.05, 0.1) is 12.3 Å². The van der Waals surface area contributed by atoms with Crippen molar-refractivity contribution in [3.63, 3.8) is 0 Å². The third-order valence-electron chi connectivity index (χ3n) is 3.54. The average molecular weight is 282 g/mol. The van der Waals surface area contributed by atoms with Crippen LogP contribution in [0.2, 0.25) is 0 Å². The smallest absolute Gasteiger partial charge is 0.245 e. The molecule has 1 saturated heterocycles. The molecule has 6 nitrogen and oxygen atoms in total. The van der Waals surface area contributed by atoms with E-state index in [1.165, 1.54) is 25.7 Å². The summed E-state index contributed by atoms with van der Waals surface area (Å²) in [6, 6.07) is -0.0598. The molecular formula is C12H18N4O2S. The Morgan fingerprint density at radius 3 is 2.95 bits per heavy atom. The van der Waals surface area contributed by atoms with E-state index in [1.54, 1.807) is 0 Å². The number of hydrogen-bond acceptors (Lipinski definition) is 6. The van der Waals surface area contributed by atoms with Gasteiger partial charge in [-0.25, -0.2) is 0 Å². The third kappa shape index (κ3) is 3.27. The quantitative estimate of drug-likeness (QED) is 0.858. The number of nitrogens with one attached hydrogen (secondary N) is 2. The number of aromatic nitrogens is 2. The highest BCUT2D eigenvalue weighted by molar-refractivity contribution is 7.99. The summed E-state index contributed by atoms with van der Waals surface area (Å²) < 4.78 is 5.27. The van der Waals surface area contributed by atoms with Crippen molar-refractivity contribution in [1.29, 1.82) is 0 Å². The van der Waals surface area contributed by atoms with E-state index in [0.717, 1.165) is 16.8 Å². The van der Waals surface area contributed by atoms with Crippen molar-refractivity contribution in [2.24, 2.45) is 0 Å². The molecule has 1 saturated carbocycles. The van der Waals surface area contributed by atoms with E-state index in [4.69, 9.17) is 4.52 Å². The van der Waals surface area contributed by atoms with Gasteiger partial charge in [0.25, 0.3) is 0 Å². The Bertz CT molecular complexity index is 435. The zero-order valence-electron chi connectivity index (χ0n) is 10.7. The molecule has 19 heavy (non-hydrogen) atoms. The average Bonchev–Trinajstić information content (AvgIpc) is 3.09. The lowest BCUT2D eigenvalue weighted by molar-refractivity contribution is -0.121. The fourth-order valence-electron chi connectivity index (χ4n) is 2.46. The SMILES string of the molecule is O=C1CNC(c2nc(CSC3CCCC3)no2)CN1. The van der Waals surface area contributed by atoms with E-state index < -0.39 is 0 Å². The normalized spacial score (nSPS) is 24.6. The lowest BCUT2D eigenvalue weighted by Gasteiger charge is -2.20. The van der Waals surface area contributed by atoms with E-state index in [2.05, 4.69) is 20.8 Å². The highest BCUT2D eigenvalue weighted by Gasteiger charge is 2.24. The summed E-state index contributed by atoms with van der Waals surface area (Å²) in [7, 11) is 0. The molecule has 1 aromatic heterocycles. The molecule has 3 rings (SSSR count). The van der Waals surface area contributed by atoms with E-state index in [0.29, 0.717) is 19.0 Å². The fourth-order valence-corrected chi connectivity index (χ4v) is 3.62. The highest BCUT2D eigenvalue weighted by Crippen LogP contribution is 2.31. The monoisotopic (exact) mass is 282 g/mol. The van der Waals surface area contributed by atoms with Crippen LogP contribution in [0.5, 0.6) is 0 Å². The molecule has 2 N–H and O–H groups in total. The summed E-state index contributed by atoms with van der Waals surface area (Å²) in [6.07, 6.45) is 5.32. The van der Waals surface area contributed by atoms with Crippen LogP contribution in [0.25, 0.3) is 0 Å². The van der Waals surface area contributed by atoms with Crippen LogP contribution in [0.3, 0.4) is 0 Å². The third-order valence-corrected chi connectivity index (χ3v) is 4.91. The van der Waals surface area contributed by atoms with Crippen LogP contribution in [0.15, 0.2) is 4.52 Å². The van der Waals surface area contributed by atoms with E-state index in [9.17, 15) is 4.79 Å². The summed E-state index contributed by atoms with van der Waals surface area (Å²) in [4.78, 5) is 15.5. The van der Waals surface area contributed by atoms with Crippen LogP contribution in [0, 0.1) is 0 Å². The Kier molecular flexibility index (Phi) is 4.03. The van der Waals surface area contributed by atoms with Gasteiger partial charge in [-0.3, -0.25) is 10.1 Å². The van der Waals surface area contributed by atoms with Crippen molar-refractivity contribution >= 4 is 17.7 Å². The maximum Gasteiger partial charge on any atom is 0.245 e. The first kappa shape index (κ1) is 12.9. The molecule has 0 bridgehead atoms. The maximum atomic E-state index is 11.1. The van der Waals surface area contributed by atoms with Crippen molar-refractivity contribution in [3.05, 3.63) is 11.7 Å². The molecule has 1 aliphatic carbocycles. The summed E-state index contributed by atoms with van der Waals surface area (Å²) in [5.74, 6) is 2.15. The molecule has 2 fully saturated rings. The predicted molar refractivity (Wildman–Crippen MR) is 71.6 cm³/mol. The first-order chi connectivity index (χ1) is 9.31. The van der Waals surface area contributed by atoms with Gasteiger partial charge >= 0.3 is 0 Å². The lowest BCUT2D eigenvalue weighted by Crippen LogP contribution is -2.47. The van der Waals surface area contributed by atoms with E-state index in [1.807, 2.05) is 11.8 Å². The molecule has 2 heterocycles. The fraction of sp³-hybridized carbons (Fsp3) is 0.750. The molecule has 0 aromatic carbocycles. The second kappa shape index (κ2) is 5.92. The van der Waals surface area contributed by atoms with E-state index in [-0.39, 0.29) is 11.9 Å². The van der Waals surface area contributed by atoms with Gasteiger partial charge in [-0.15, -0.1) is 0 Å².